The Balaban J connectivity index is 1.25. The van der Waals surface area contributed by atoms with Gasteiger partial charge < -0.3 is 93.7 Å². The molecule has 11 N–H and O–H groups in total. The number of ether oxygens (including phenoxy) is 7. The highest BCUT2D eigenvalue weighted by atomic mass is 16.8. The minimum absolute atomic E-state index is 0.0758. The van der Waals surface area contributed by atoms with Gasteiger partial charge in [0.1, 0.15) is 77.8 Å². The predicted molar refractivity (Wildman–Crippen MR) is 172 cm³/mol. The summed E-state index contributed by atoms with van der Waals surface area (Å²) >= 11 is 0. The summed E-state index contributed by atoms with van der Waals surface area (Å²) in [6.45, 7) is 0.145. The standard InChI is InChI=1S/C33H40O20/c1-10-27(51-31-24(43)21(40)16(39)9-47-31)23(42)25(44)32(48-10)53-30-22(41)19(8-34)50-33(26(30)45)52-29-20-14(37)6-17(11-3-4-12(35)13(36)5-11)49-18(20)7-15(38)28(29)46-2/h3-7,10,16,19,21-27,30-36,38-45H,8-9H2,1-2H3/t10-,16-,19+,21-,22-,23-,24+,25+,26+,27-,30-,31-,32-,33-/m0/s1. The number of hydrogen-bond acceptors (Lipinski definition) is 20. The van der Waals surface area contributed by atoms with Gasteiger partial charge in [-0.15, -0.1) is 0 Å². The van der Waals surface area contributed by atoms with E-state index in [1.165, 1.54) is 19.1 Å². The fourth-order valence-electron chi connectivity index (χ4n) is 6.33. The summed E-state index contributed by atoms with van der Waals surface area (Å²) in [4.78, 5) is 13.5. The Morgan fingerprint density at radius 2 is 1.43 bits per heavy atom. The molecule has 4 heterocycles. The number of aliphatic hydroxyl groups is 8. The van der Waals surface area contributed by atoms with Crippen LogP contribution in [0.3, 0.4) is 0 Å². The maximum absolute atomic E-state index is 13.5. The SMILES string of the molecule is COc1c(O)cc2oc(-c3ccc(O)c(O)c3)cc(=O)c2c1O[C@@H]1O[C@H](CO)[C@H](O)[C@H](O[C@@H]2O[C@@H](C)[C@H](O[C@@H]3OC[C@H](O)[C@H](O)[C@H]3O)[C@@H](O)[C@H]2O)[C@H]1O. The lowest BCUT2D eigenvalue weighted by atomic mass is 9.96. The predicted octanol–water partition coefficient (Wildman–Crippen LogP) is -2.92. The molecule has 3 aromatic rings. The lowest BCUT2D eigenvalue weighted by molar-refractivity contribution is -0.367. The van der Waals surface area contributed by atoms with Crippen molar-refractivity contribution in [3.63, 3.8) is 0 Å². The molecule has 0 spiro atoms. The Bertz CT molecular complexity index is 1820. The van der Waals surface area contributed by atoms with Crippen LogP contribution in [0.25, 0.3) is 22.3 Å². The Kier molecular flexibility index (Phi) is 11.3. The van der Waals surface area contributed by atoms with Crippen LogP contribution in [-0.2, 0) is 23.7 Å². The number of phenols is 3. The molecule has 3 fully saturated rings. The first-order valence-electron chi connectivity index (χ1n) is 16.3. The van der Waals surface area contributed by atoms with Crippen molar-refractivity contribution in [1.82, 2.24) is 0 Å². The first-order valence-corrected chi connectivity index (χ1v) is 16.3. The van der Waals surface area contributed by atoms with E-state index in [-0.39, 0.29) is 22.3 Å². The van der Waals surface area contributed by atoms with Gasteiger partial charge in [0.05, 0.1) is 26.4 Å². The van der Waals surface area contributed by atoms with Gasteiger partial charge in [-0.25, -0.2) is 0 Å². The number of aromatic hydroxyl groups is 3. The minimum Gasteiger partial charge on any atom is -0.504 e. The first-order chi connectivity index (χ1) is 25.1. The molecule has 6 rings (SSSR count). The number of fused-ring (bicyclic) bond motifs is 1. The van der Waals surface area contributed by atoms with E-state index < -0.39 is 133 Å². The summed E-state index contributed by atoms with van der Waals surface area (Å²) in [6.07, 6.45) is -23.2. The third-order valence-electron chi connectivity index (χ3n) is 9.24. The molecule has 2 aromatic carbocycles. The zero-order chi connectivity index (χ0) is 38.5. The zero-order valence-electron chi connectivity index (χ0n) is 28.0. The molecule has 0 amide bonds. The molecule has 0 aliphatic carbocycles. The van der Waals surface area contributed by atoms with Crippen molar-refractivity contribution in [2.75, 3.05) is 20.3 Å². The van der Waals surface area contributed by atoms with E-state index in [2.05, 4.69) is 0 Å². The summed E-state index contributed by atoms with van der Waals surface area (Å²) in [5.41, 5.74) is -0.819. The van der Waals surface area contributed by atoms with E-state index in [0.29, 0.717) is 0 Å². The molecule has 3 aliphatic rings. The van der Waals surface area contributed by atoms with Gasteiger partial charge in [-0.1, -0.05) is 0 Å². The Morgan fingerprint density at radius 1 is 0.736 bits per heavy atom. The fraction of sp³-hybridized carbons (Fsp3) is 0.545. The van der Waals surface area contributed by atoms with Crippen molar-refractivity contribution in [3.05, 3.63) is 40.6 Å². The van der Waals surface area contributed by atoms with Gasteiger partial charge in [0.2, 0.25) is 12.0 Å². The molecule has 0 saturated carbocycles. The normalized spacial score (nSPS) is 36.3. The van der Waals surface area contributed by atoms with Crippen LogP contribution in [-0.4, -0.2) is 163 Å². The molecule has 20 heteroatoms. The lowest BCUT2D eigenvalue weighted by Crippen LogP contribution is -2.65. The van der Waals surface area contributed by atoms with Crippen LogP contribution >= 0.6 is 0 Å². The smallest absolute Gasteiger partial charge is 0.229 e. The summed E-state index contributed by atoms with van der Waals surface area (Å²) in [7, 11) is 1.14. The minimum atomic E-state index is -1.99. The second-order valence-electron chi connectivity index (χ2n) is 12.8. The highest BCUT2D eigenvalue weighted by Gasteiger charge is 2.52. The van der Waals surface area contributed by atoms with Gasteiger partial charge in [0.15, 0.2) is 41.0 Å². The largest absolute Gasteiger partial charge is 0.504 e. The maximum Gasteiger partial charge on any atom is 0.229 e. The summed E-state index contributed by atoms with van der Waals surface area (Å²) in [5.74, 6) is -2.47. The Labute approximate surface area is 298 Å². The number of hydrogen-bond donors (Lipinski definition) is 11. The second kappa shape index (κ2) is 15.5. The van der Waals surface area contributed by atoms with E-state index in [1.807, 2.05) is 0 Å². The van der Waals surface area contributed by atoms with E-state index in [9.17, 15) is 61.0 Å². The van der Waals surface area contributed by atoms with Crippen LogP contribution in [0.4, 0.5) is 0 Å². The number of phenolic OH excluding ortho intramolecular Hbond substituents is 3. The molecule has 292 valence electrons. The fourth-order valence-corrected chi connectivity index (χ4v) is 6.33. The van der Waals surface area contributed by atoms with E-state index >= 15 is 0 Å². The van der Waals surface area contributed by atoms with Gasteiger partial charge in [-0.2, -0.15) is 0 Å². The van der Waals surface area contributed by atoms with Crippen molar-refractivity contribution in [2.24, 2.45) is 0 Å². The molecular formula is C33H40O20. The number of rotatable bonds is 9. The van der Waals surface area contributed by atoms with Crippen LogP contribution < -0.4 is 14.9 Å². The van der Waals surface area contributed by atoms with Crippen molar-refractivity contribution < 1.29 is 93.7 Å². The molecule has 3 aliphatic heterocycles. The monoisotopic (exact) mass is 756 g/mol. The van der Waals surface area contributed by atoms with Crippen molar-refractivity contribution in [1.29, 1.82) is 0 Å². The van der Waals surface area contributed by atoms with E-state index in [4.69, 9.17) is 37.6 Å². The summed E-state index contributed by atoms with van der Waals surface area (Å²) < 4.78 is 44.9. The Hall–Kier alpha value is -3.87. The van der Waals surface area contributed by atoms with Crippen molar-refractivity contribution in [2.45, 2.75) is 92.9 Å². The zero-order valence-corrected chi connectivity index (χ0v) is 28.0. The summed E-state index contributed by atoms with van der Waals surface area (Å²) in [6, 6.07) is 5.75. The first kappa shape index (κ1) is 38.8. The highest BCUT2D eigenvalue weighted by molar-refractivity contribution is 5.90. The molecule has 0 unspecified atom stereocenters. The molecule has 14 atom stereocenters. The maximum atomic E-state index is 13.5. The number of benzene rings is 2. The molecule has 0 radical (unpaired) electrons. The van der Waals surface area contributed by atoms with Gasteiger partial charge in [-0.3, -0.25) is 4.79 Å². The van der Waals surface area contributed by atoms with Gasteiger partial charge in [-0.05, 0) is 25.1 Å². The second-order valence-corrected chi connectivity index (χ2v) is 12.8. The van der Waals surface area contributed by atoms with Crippen LogP contribution in [0.2, 0.25) is 0 Å². The van der Waals surface area contributed by atoms with Gasteiger partial charge in [0.25, 0.3) is 0 Å². The number of aliphatic hydroxyl groups excluding tert-OH is 8. The topological polar surface area (TPSA) is 317 Å². The Morgan fingerprint density at radius 3 is 2.11 bits per heavy atom. The molecule has 20 nitrogen and oxygen atoms in total. The molecular weight excluding hydrogens is 716 g/mol. The molecule has 0 bridgehead atoms. The van der Waals surface area contributed by atoms with Crippen LogP contribution in [0.1, 0.15) is 6.92 Å². The quantitative estimate of drug-likeness (QED) is 0.0974. The van der Waals surface area contributed by atoms with Crippen LogP contribution in [0.15, 0.2) is 39.5 Å². The highest BCUT2D eigenvalue weighted by Crippen LogP contribution is 2.44. The molecule has 53 heavy (non-hydrogen) atoms. The molecule has 3 saturated heterocycles. The average molecular weight is 757 g/mol. The summed E-state index contributed by atoms with van der Waals surface area (Å²) in [5, 5.41) is 114. The van der Waals surface area contributed by atoms with Crippen LogP contribution in [0, 0.1) is 0 Å². The third-order valence-corrected chi connectivity index (χ3v) is 9.24. The van der Waals surface area contributed by atoms with E-state index in [1.54, 1.807) is 0 Å². The van der Waals surface area contributed by atoms with E-state index in [0.717, 1.165) is 25.3 Å². The van der Waals surface area contributed by atoms with Crippen LogP contribution in [0.5, 0.6) is 28.7 Å². The average Bonchev–Trinajstić information content (AvgIpc) is 3.12. The van der Waals surface area contributed by atoms with Gasteiger partial charge in [0, 0.05) is 17.7 Å². The van der Waals surface area contributed by atoms with Crippen molar-refractivity contribution in [3.8, 4) is 40.1 Å². The molecule has 1 aromatic heterocycles. The lowest BCUT2D eigenvalue weighted by Gasteiger charge is -2.47. The van der Waals surface area contributed by atoms with Gasteiger partial charge >= 0.3 is 0 Å². The number of methoxy groups -OCH3 is 1. The third kappa shape index (κ3) is 7.34. The van der Waals surface area contributed by atoms with Crippen molar-refractivity contribution >= 4 is 11.0 Å².